The maximum absolute atomic E-state index is 12.1. The molecule has 0 aliphatic heterocycles. The molecule has 0 atom stereocenters. The summed E-state index contributed by atoms with van der Waals surface area (Å²) in [6.45, 7) is -0.177. The van der Waals surface area contributed by atoms with E-state index >= 15 is 0 Å². The molecule has 8 nitrogen and oxygen atoms in total. The van der Waals surface area contributed by atoms with Gasteiger partial charge in [-0.15, -0.1) is 0 Å². The Kier molecular flexibility index (Phi) is 7.53. The quantitative estimate of drug-likeness (QED) is 0.484. The van der Waals surface area contributed by atoms with Crippen LogP contribution in [0, 0.1) is 0 Å². The van der Waals surface area contributed by atoms with Crippen molar-refractivity contribution in [3.63, 3.8) is 0 Å². The molecule has 0 heterocycles. The Labute approximate surface area is 164 Å². The molecular formula is C19H23N3O5S. The fourth-order valence-electron chi connectivity index (χ4n) is 2.44. The van der Waals surface area contributed by atoms with Crippen LogP contribution in [-0.4, -0.2) is 56.4 Å². The van der Waals surface area contributed by atoms with Crippen LogP contribution in [0.5, 0.6) is 11.5 Å². The summed E-state index contributed by atoms with van der Waals surface area (Å²) in [4.78, 5) is 12.1. The van der Waals surface area contributed by atoms with Crippen molar-refractivity contribution in [3.8, 4) is 11.5 Å². The number of hydrazone groups is 1. The Hall–Kier alpha value is -2.91. The second-order valence-corrected chi connectivity index (χ2v) is 8.01. The number of para-hydroxylation sites is 1. The van der Waals surface area contributed by atoms with Crippen molar-refractivity contribution < 1.29 is 23.1 Å². The minimum Gasteiger partial charge on any atom is -0.504 e. The molecule has 0 radical (unpaired) electrons. The van der Waals surface area contributed by atoms with Gasteiger partial charge in [0.1, 0.15) is 0 Å². The van der Waals surface area contributed by atoms with Crippen LogP contribution in [0.4, 0.5) is 0 Å². The normalized spacial score (nSPS) is 11.7. The number of aromatic hydroxyl groups is 1. The second-order valence-electron chi connectivity index (χ2n) is 6.02. The van der Waals surface area contributed by atoms with E-state index in [9.17, 15) is 18.3 Å². The number of rotatable bonds is 9. The predicted octanol–water partition coefficient (Wildman–Crippen LogP) is 1.36. The molecule has 2 aromatic rings. The van der Waals surface area contributed by atoms with Crippen molar-refractivity contribution in [1.29, 1.82) is 0 Å². The van der Waals surface area contributed by atoms with Crippen molar-refractivity contribution in [2.24, 2.45) is 5.10 Å². The van der Waals surface area contributed by atoms with Crippen LogP contribution in [0.1, 0.15) is 11.1 Å². The number of benzene rings is 2. The van der Waals surface area contributed by atoms with Crippen molar-refractivity contribution in [1.82, 2.24) is 9.73 Å². The van der Waals surface area contributed by atoms with E-state index < -0.39 is 15.9 Å². The Morgan fingerprint density at radius 2 is 1.93 bits per heavy atom. The van der Waals surface area contributed by atoms with Gasteiger partial charge >= 0.3 is 0 Å². The summed E-state index contributed by atoms with van der Waals surface area (Å²) in [5.74, 6) is -0.416. The van der Waals surface area contributed by atoms with Gasteiger partial charge < -0.3 is 9.84 Å². The Balaban J connectivity index is 1.96. The summed E-state index contributed by atoms with van der Waals surface area (Å²) < 4.78 is 30.0. The van der Waals surface area contributed by atoms with Gasteiger partial charge in [0, 0.05) is 12.1 Å². The smallest absolute Gasteiger partial charge is 0.255 e. The third-order valence-electron chi connectivity index (χ3n) is 3.92. The minimum absolute atomic E-state index is 0.108. The molecule has 0 aliphatic rings. The molecule has 0 saturated carbocycles. The number of methoxy groups -OCH3 is 1. The molecule has 0 saturated heterocycles. The molecule has 0 bridgehead atoms. The third-order valence-corrected chi connectivity index (χ3v) is 5.17. The van der Waals surface area contributed by atoms with Gasteiger partial charge in [0.25, 0.3) is 5.91 Å². The lowest BCUT2D eigenvalue weighted by Crippen LogP contribution is -2.40. The van der Waals surface area contributed by atoms with Crippen LogP contribution in [-0.2, 0) is 21.2 Å². The van der Waals surface area contributed by atoms with E-state index in [-0.39, 0.29) is 24.6 Å². The van der Waals surface area contributed by atoms with Crippen LogP contribution in [0.15, 0.2) is 53.6 Å². The molecule has 2 N–H and O–H groups in total. The van der Waals surface area contributed by atoms with Crippen LogP contribution < -0.4 is 10.2 Å². The number of carbonyl (C=O) groups is 1. The molecule has 0 aromatic heterocycles. The summed E-state index contributed by atoms with van der Waals surface area (Å²) in [7, 11) is -2.14. The number of hydrogen-bond donors (Lipinski definition) is 2. The van der Waals surface area contributed by atoms with Crippen molar-refractivity contribution >= 4 is 22.1 Å². The highest BCUT2D eigenvalue weighted by molar-refractivity contribution is 7.88. The molecule has 0 fully saturated rings. The van der Waals surface area contributed by atoms with Gasteiger partial charge in [0.05, 0.1) is 26.1 Å². The molecule has 2 rings (SSSR count). The topological polar surface area (TPSA) is 108 Å². The fraction of sp³-hybridized carbons (Fsp3) is 0.263. The number of nitrogens with one attached hydrogen (secondary N) is 1. The van der Waals surface area contributed by atoms with Gasteiger partial charge in [-0.05, 0) is 24.1 Å². The van der Waals surface area contributed by atoms with Gasteiger partial charge in [0.2, 0.25) is 10.0 Å². The lowest BCUT2D eigenvalue weighted by Gasteiger charge is -2.18. The monoisotopic (exact) mass is 405 g/mol. The average molecular weight is 405 g/mol. The summed E-state index contributed by atoms with van der Waals surface area (Å²) in [6, 6.07) is 14.3. The van der Waals surface area contributed by atoms with Gasteiger partial charge in [-0.25, -0.2) is 13.8 Å². The largest absolute Gasteiger partial charge is 0.504 e. The SMILES string of the molecule is COc1cccc(/C=N/NC(=O)CN(CCc2ccccc2)S(C)(=O)=O)c1O. The summed E-state index contributed by atoms with van der Waals surface area (Å²) in [6.07, 6.45) is 2.80. The lowest BCUT2D eigenvalue weighted by atomic mass is 10.1. The average Bonchev–Trinajstić information content (AvgIpc) is 2.66. The van der Waals surface area contributed by atoms with Gasteiger partial charge in [-0.2, -0.15) is 9.41 Å². The number of ether oxygens (including phenoxy) is 1. The Morgan fingerprint density at radius 3 is 2.57 bits per heavy atom. The number of nitrogens with zero attached hydrogens (tertiary/aromatic N) is 2. The van der Waals surface area contributed by atoms with Crippen LogP contribution in [0.3, 0.4) is 0 Å². The minimum atomic E-state index is -3.56. The van der Waals surface area contributed by atoms with Gasteiger partial charge in [0.15, 0.2) is 11.5 Å². The molecule has 0 unspecified atom stereocenters. The Morgan fingerprint density at radius 1 is 1.21 bits per heavy atom. The first-order chi connectivity index (χ1) is 13.3. The van der Waals surface area contributed by atoms with Crippen LogP contribution in [0.2, 0.25) is 0 Å². The molecule has 0 aliphatic carbocycles. The predicted molar refractivity (Wildman–Crippen MR) is 107 cm³/mol. The highest BCUT2D eigenvalue weighted by atomic mass is 32.2. The zero-order chi connectivity index (χ0) is 20.6. The molecule has 1 amide bonds. The van der Waals surface area contributed by atoms with E-state index in [1.54, 1.807) is 18.2 Å². The van der Waals surface area contributed by atoms with Crippen molar-refractivity contribution in [2.75, 3.05) is 26.5 Å². The van der Waals surface area contributed by atoms with E-state index in [1.165, 1.54) is 13.3 Å². The highest BCUT2D eigenvalue weighted by Crippen LogP contribution is 2.27. The number of phenols is 1. The molecule has 2 aromatic carbocycles. The van der Waals surface area contributed by atoms with Crippen LogP contribution in [0.25, 0.3) is 0 Å². The summed E-state index contributed by atoms with van der Waals surface area (Å²) in [5, 5.41) is 13.7. The second kappa shape index (κ2) is 9.86. The number of carbonyl (C=O) groups excluding carboxylic acids is 1. The zero-order valence-electron chi connectivity index (χ0n) is 15.7. The summed E-state index contributed by atoms with van der Waals surface area (Å²) in [5.41, 5.74) is 3.59. The first-order valence-corrected chi connectivity index (χ1v) is 10.3. The maximum Gasteiger partial charge on any atom is 0.255 e. The fourth-order valence-corrected chi connectivity index (χ4v) is 3.21. The summed E-state index contributed by atoms with van der Waals surface area (Å²) >= 11 is 0. The zero-order valence-corrected chi connectivity index (χ0v) is 16.5. The molecule has 0 spiro atoms. The van der Waals surface area contributed by atoms with Gasteiger partial charge in [-0.1, -0.05) is 36.4 Å². The van der Waals surface area contributed by atoms with E-state index in [4.69, 9.17) is 4.74 Å². The van der Waals surface area contributed by atoms with Crippen LogP contribution >= 0.6 is 0 Å². The molecule has 28 heavy (non-hydrogen) atoms. The number of sulfonamides is 1. The van der Waals surface area contributed by atoms with E-state index in [0.717, 1.165) is 16.1 Å². The number of amides is 1. The number of hydrogen-bond acceptors (Lipinski definition) is 6. The third kappa shape index (κ3) is 6.36. The van der Waals surface area contributed by atoms with Gasteiger partial charge in [-0.3, -0.25) is 4.79 Å². The standard InChI is InChI=1S/C19H23N3O5S/c1-27-17-10-6-9-16(19(17)24)13-20-21-18(23)14-22(28(2,25)26)12-11-15-7-4-3-5-8-15/h3-10,13,24H,11-12,14H2,1-2H3,(H,21,23)/b20-13+. The maximum atomic E-state index is 12.1. The molecule has 150 valence electrons. The lowest BCUT2D eigenvalue weighted by molar-refractivity contribution is -0.121. The highest BCUT2D eigenvalue weighted by Gasteiger charge is 2.19. The Bertz CT molecular complexity index is 930. The van der Waals surface area contributed by atoms with E-state index in [0.29, 0.717) is 12.0 Å². The molecular weight excluding hydrogens is 382 g/mol. The number of phenolic OH excluding ortho intramolecular Hbond substituents is 1. The van der Waals surface area contributed by atoms with E-state index in [1.807, 2.05) is 30.3 Å². The first kappa shape index (κ1) is 21.4. The molecule has 9 heteroatoms. The van der Waals surface area contributed by atoms with E-state index in [2.05, 4.69) is 10.5 Å². The van der Waals surface area contributed by atoms with Crippen molar-refractivity contribution in [3.05, 3.63) is 59.7 Å². The van der Waals surface area contributed by atoms with Crippen molar-refractivity contribution in [2.45, 2.75) is 6.42 Å². The first-order valence-electron chi connectivity index (χ1n) is 8.48.